The minimum Gasteiger partial charge on any atom is -0.457 e. The Labute approximate surface area is 410 Å². The summed E-state index contributed by atoms with van der Waals surface area (Å²) in [6, 6.07) is 0. The van der Waals surface area contributed by atoms with Crippen molar-refractivity contribution in [2.24, 2.45) is 0 Å². The lowest BCUT2D eigenvalue weighted by Gasteiger charge is -2.41. The highest BCUT2D eigenvalue weighted by Crippen LogP contribution is 2.26. The van der Waals surface area contributed by atoms with Crippen LogP contribution in [0.4, 0.5) is 0 Å². The molecule has 1 saturated heterocycles. The highest BCUT2D eigenvalue weighted by atomic mass is 32.3. The maximum Gasteiger partial charge on any atom is 0.397 e. The normalized spacial score (nSPS) is 20.4. The lowest BCUT2D eigenvalue weighted by molar-refractivity contribution is -0.301. The maximum absolute atomic E-state index is 12.8. The molecule has 0 radical (unpaired) electrons. The van der Waals surface area contributed by atoms with Gasteiger partial charge in [0, 0.05) is 6.61 Å². The summed E-state index contributed by atoms with van der Waals surface area (Å²) in [6.45, 7) is 3.60. The predicted octanol–water partition coefficient (Wildman–Crippen LogP) is 11.7. The Kier molecular flexibility index (Phi) is 41.1. The summed E-state index contributed by atoms with van der Waals surface area (Å²) in [7, 11) is -5.08. The van der Waals surface area contributed by atoms with E-state index in [0.717, 1.165) is 83.5 Å². The van der Waals surface area contributed by atoms with E-state index in [0.29, 0.717) is 13.0 Å². The van der Waals surface area contributed by atoms with E-state index in [-0.39, 0.29) is 19.6 Å². The second-order valence-electron chi connectivity index (χ2n) is 16.7. The number of ether oxygens (including phenoxy) is 4. The van der Waals surface area contributed by atoms with E-state index in [1.165, 1.54) is 44.9 Å². The molecule has 6 unspecified atom stereocenters. The monoisotopic (exact) mass is 973 g/mol. The Morgan fingerprint density at radius 1 is 0.559 bits per heavy atom. The van der Waals surface area contributed by atoms with E-state index in [1.54, 1.807) is 6.08 Å². The van der Waals surface area contributed by atoms with Crippen molar-refractivity contribution < 1.29 is 56.2 Å². The molecular formula is C55H88O12S. The van der Waals surface area contributed by atoms with Crippen LogP contribution in [-0.2, 0) is 38.3 Å². The molecule has 1 rings (SSSR count). The zero-order valence-electron chi connectivity index (χ0n) is 41.4. The number of aliphatic hydroxyl groups excluding tert-OH is 3. The van der Waals surface area contributed by atoms with Gasteiger partial charge in [-0.25, -0.2) is 4.18 Å². The first-order valence-electron chi connectivity index (χ1n) is 25.3. The van der Waals surface area contributed by atoms with E-state index in [1.807, 2.05) is 12.2 Å². The topological polar surface area (TPSA) is 178 Å². The zero-order chi connectivity index (χ0) is 49.6. The van der Waals surface area contributed by atoms with Crippen molar-refractivity contribution in [1.29, 1.82) is 0 Å². The van der Waals surface area contributed by atoms with Crippen molar-refractivity contribution >= 4 is 16.4 Å². The number of hydrogen-bond acceptors (Lipinski definition) is 11. The molecular weight excluding hydrogens is 885 g/mol. The van der Waals surface area contributed by atoms with Crippen LogP contribution >= 0.6 is 0 Å². The predicted molar refractivity (Wildman–Crippen MR) is 275 cm³/mol. The van der Waals surface area contributed by atoms with Gasteiger partial charge in [0.2, 0.25) is 0 Å². The molecule has 386 valence electrons. The van der Waals surface area contributed by atoms with Crippen molar-refractivity contribution in [3.05, 3.63) is 122 Å². The highest BCUT2D eigenvalue weighted by molar-refractivity contribution is 7.80. The van der Waals surface area contributed by atoms with Crippen molar-refractivity contribution in [1.82, 2.24) is 0 Å². The number of allylic oxidation sites excluding steroid dienone is 19. The highest BCUT2D eigenvalue weighted by Gasteiger charge is 2.48. The second kappa shape index (κ2) is 44.7. The van der Waals surface area contributed by atoms with Crippen LogP contribution in [0.2, 0.25) is 0 Å². The van der Waals surface area contributed by atoms with Crippen molar-refractivity contribution in [3.63, 3.8) is 0 Å². The minimum atomic E-state index is -5.08. The van der Waals surface area contributed by atoms with E-state index in [2.05, 4.69) is 121 Å². The van der Waals surface area contributed by atoms with Gasteiger partial charge < -0.3 is 34.3 Å². The summed E-state index contributed by atoms with van der Waals surface area (Å²) in [5, 5.41) is 30.7. The van der Waals surface area contributed by atoms with Gasteiger partial charge in [-0.15, -0.1) is 0 Å². The molecule has 0 bridgehead atoms. The number of carbonyl (C=O) groups is 1. The summed E-state index contributed by atoms with van der Waals surface area (Å²) in [4.78, 5) is 12.8. The molecule has 0 aromatic carbocycles. The molecule has 1 aliphatic heterocycles. The van der Waals surface area contributed by atoms with Crippen LogP contribution in [-0.4, -0.2) is 97.5 Å². The summed E-state index contributed by atoms with van der Waals surface area (Å²) in [6.07, 6.45) is 55.5. The van der Waals surface area contributed by atoms with Gasteiger partial charge in [0.25, 0.3) is 0 Å². The Bertz CT molecular complexity index is 1640. The number of esters is 1. The standard InChI is InChI=1S/C55H88O12S/c1-3-5-7-9-11-13-15-17-19-20-21-22-23-24-25-26-27-28-29-31-33-35-37-39-41-43-45-63-47-49(48-64-55-53(59)54(67-68(60,61)62)52(58)50(46-56)66-55)65-51(57)44-42-40-38-36-34-32-30-18-16-14-12-10-8-6-4-2/h5-8,11-14,17-19,21-22,24-25,30,34,36,40,42,49-50,52-56,58-59H,3-4,9-10,15-16,20,23,26-29,31-33,35,37-39,41,43-48H2,1-2H3,(H,60,61,62)/b7-5-,8-6-,13-11-,14-12-,19-17-,22-21-,25-24-,30-18-,36-34-,42-40-. The molecule has 13 heteroatoms. The molecule has 1 fully saturated rings. The minimum absolute atomic E-state index is 0.000725. The molecule has 0 amide bonds. The largest absolute Gasteiger partial charge is 0.457 e. The van der Waals surface area contributed by atoms with Crippen molar-refractivity contribution in [3.8, 4) is 0 Å². The molecule has 0 aromatic rings. The molecule has 0 aromatic heterocycles. The van der Waals surface area contributed by atoms with E-state index in [4.69, 9.17) is 18.9 Å². The number of rotatable bonds is 42. The first kappa shape index (κ1) is 62.5. The molecule has 0 saturated carbocycles. The van der Waals surface area contributed by atoms with Crippen LogP contribution in [0, 0.1) is 0 Å². The van der Waals surface area contributed by atoms with Gasteiger partial charge in [-0.2, -0.15) is 8.42 Å². The molecule has 0 spiro atoms. The number of hydrogen-bond donors (Lipinski definition) is 4. The number of unbranched alkanes of at least 4 members (excludes halogenated alkanes) is 10. The Morgan fingerprint density at radius 2 is 0.971 bits per heavy atom. The van der Waals surface area contributed by atoms with Gasteiger partial charge in [-0.05, 0) is 83.5 Å². The molecule has 1 aliphatic rings. The third-order valence-electron chi connectivity index (χ3n) is 10.6. The average molecular weight is 973 g/mol. The Balaban J connectivity index is 2.38. The zero-order valence-corrected chi connectivity index (χ0v) is 42.2. The number of aliphatic hydroxyl groups is 3. The van der Waals surface area contributed by atoms with E-state index in [9.17, 15) is 33.1 Å². The SMILES string of the molecule is CC/C=C\C/C=C\C/C=C\C/C=C\C/C=C\CCCCCCCCCCCCOCC(COC1OC(CO)C(O)C(OS(=O)(=O)O)C1O)OC(=O)C/C=C\C/C=C\C/C=C\C/C=C\C/C=C\CC. The van der Waals surface area contributed by atoms with Gasteiger partial charge in [0.15, 0.2) is 6.29 Å². The molecule has 4 N–H and O–H groups in total. The maximum atomic E-state index is 12.8. The van der Waals surface area contributed by atoms with Crippen LogP contribution in [0.3, 0.4) is 0 Å². The molecule has 6 atom stereocenters. The molecule has 68 heavy (non-hydrogen) atoms. The van der Waals surface area contributed by atoms with Gasteiger partial charge in [0.05, 0.1) is 26.2 Å². The van der Waals surface area contributed by atoms with Gasteiger partial charge in [-0.3, -0.25) is 9.35 Å². The Hall–Kier alpha value is -3.50. The smallest absolute Gasteiger partial charge is 0.397 e. The molecule has 0 aliphatic carbocycles. The van der Waals surface area contributed by atoms with Crippen LogP contribution in [0.5, 0.6) is 0 Å². The van der Waals surface area contributed by atoms with Crippen LogP contribution in [0.1, 0.15) is 155 Å². The summed E-state index contributed by atoms with van der Waals surface area (Å²) >= 11 is 0. The fourth-order valence-corrected chi connectivity index (χ4v) is 7.40. The molecule has 1 heterocycles. The lowest BCUT2D eigenvalue weighted by atomic mass is 9.99. The fraction of sp³-hybridized carbons (Fsp3) is 0.618. The summed E-state index contributed by atoms with van der Waals surface area (Å²) in [5.41, 5.74) is 0. The third kappa shape index (κ3) is 37.4. The first-order valence-corrected chi connectivity index (χ1v) is 26.7. The summed E-state index contributed by atoms with van der Waals surface area (Å²) in [5.74, 6) is -0.532. The van der Waals surface area contributed by atoms with Crippen LogP contribution in [0.25, 0.3) is 0 Å². The fourth-order valence-electron chi connectivity index (χ4n) is 6.89. The number of carbonyl (C=O) groups excluding carboxylic acids is 1. The quantitative estimate of drug-likeness (QED) is 0.0197. The van der Waals surface area contributed by atoms with E-state index >= 15 is 0 Å². The van der Waals surface area contributed by atoms with Gasteiger partial charge in [-0.1, -0.05) is 187 Å². The van der Waals surface area contributed by atoms with Crippen molar-refractivity contribution in [2.75, 3.05) is 26.4 Å². The van der Waals surface area contributed by atoms with Crippen LogP contribution < -0.4 is 0 Å². The second-order valence-corrected chi connectivity index (χ2v) is 17.7. The van der Waals surface area contributed by atoms with E-state index < -0.39 is 59.8 Å². The third-order valence-corrected chi connectivity index (χ3v) is 11.1. The average Bonchev–Trinajstić information content (AvgIpc) is 3.31. The van der Waals surface area contributed by atoms with Crippen molar-refractivity contribution in [2.45, 2.75) is 192 Å². The molecule has 12 nitrogen and oxygen atoms in total. The lowest BCUT2D eigenvalue weighted by Crippen LogP contribution is -2.60. The Morgan fingerprint density at radius 3 is 1.41 bits per heavy atom. The van der Waals surface area contributed by atoms with Gasteiger partial charge >= 0.3 is 16.4 Å². The first-order chi connectivity index (χ1) is 33.1. The van der Waals surface area contributed by atoms with Crippen LogP contribution in [0.15, 0.2) is 122 Å². The summed E-state index contributed by atoms with van der Waals surface area (Å²) < 4.78 is 59.1. The van der Waals surface area contributed by atoms with Gasteiger partial charge in [0.1, 0.15) is 30.5 Å².